The van der Waals surface area contributed by atoms with Crippen molar-refractivity contribution in [2.45, 2.75) is 17.5 Å². The van der Waals surface area contributed by atoms with Crippen LogP contribution in [0.4, 0.5) is 5.69 Å². The average Bonchev–Trinajstić information content (AvgIpc) is 2.59. The first kappa shape index (κ1) is 17.8. The normalized spacial score (nSPS) is 12.5. The Bertz CT molecular complexity index is 575. The van der Waals surface area contributed by atoms with Gasteiger partial charge in [-0.15, -0.1) is 0 Å². The van der Waals surface area contributed by atoms with E-state index in [0.29, 0.717) is 13.2 Å². The lowest BCUT2D eigenvalue weighted by molar-refractivity contribution is -0.0352. The molecule has 0 aliphatic carbocycles. The summed E-state index contributed by atoms with van der Waals surface area (Å²) in [6, 6.07) is 17.9. The van der Waals surface area contributed by atoms with Crippen molar-refractivity contribution in [3.63, 3.8) is 0 Å². The summed E-state index contributed by atoms with van der Waals surface area (Å²) >= 11 is 1.54. The van der Waals surface area contributed by atoms with E-state index in [1.807, 2.05) is 54.6 Å². The molecule has 0 aliphatic heterocycles. The monoisotopic (exact) mass is 333 g/mol. The summed E-state index contributed by atoms with van der Waals surface area (Å²) in [6.07, 6.45) is 0. The van der Waals surface area contributed by atoms with Gasteiger partial charge in [0.05, 0.1) is 18.5 Å². The van der Waals surface area contributed by atoms with Crippen molar-refractivity contribution in [1.29, 1.82) is 0 Å². The molecule has 0 bridgehead atoms. The van der Waals surface area contributed by atoms with Gasteiger partial charge in [-0.3, -0.25) is 0 Å². The van der Waals surface area contributed by atoms with E-state index in [2.05, 4.69) is 0 Å². The Morgan fingerprint density at radius 3 is 2.26 bits per heavy atom. The molecule has 0 amide bonds. The molecule has 0 saturated heterocycles. The van der Waals surface area contributed by atoms with Crippen LogP contribution in [0, 0.1) is 0 Å². The fraction of sp³-hybridized carbons (Fsp3) is 0.333. The highest BCUT2D eigenvalue weighted by molar-refractivity contribution is 7.99. The second-order valence-corrected chi connectivity index (χ2v) is 6.24. The van der Waals surface area contributed by atoms with E-state index in [4.69, 9.17) is 19.9 Å². The Morgan fingerprint density at radius 2 is 1.61 bits per heavy atom. The van der Waals surface area contributed by atoms with Crippen LogP contribution in [0.2, 0.25) is 0 Å². The number of para-hydroxylation sites is 1. The molecule has 4 nitrogen and oxygen atoms in total. The number of methoxy groups -OCH3 is 2. The van der Waals surface area contributed by atoms with Crippen molar-refractivity contribution >= 4 is 17.4 Å². The smallest absolute Gasteiger partial charge is 0.207 e. The van der Waals surface area contributed by atoms with Gasteiger partial charge in [0.2, 0.25) is 5.62 Å². The number of nitrogen functional groups attached to an aromatic ring is 1. The maximum Gasteiger partial charge on any atom is 0.207 e. The Balaban J connectivity index is 2.03. The molecular weight excluding hydrogens is 310 g/mol. The number of ether oxygens (including phenoxy) is 3. The van der Waals surface area contributed by atoms with E-state index < -0.39 is 0 Å². The third-order valence-electron chi connectivity index (χ3n) is 3.38. The van der Waals surface area contributed by atoms with Crippen LogP contribution >= 0.6 is 11.8 Å². The van der Waals surface area contributed by atoms with Crippen LogP contribution in [0.5, 0.6) is 0 Å². The molecule has 0 heterocycles. The van der Waals surface area contributed by atoms with Crippen molar-refractivity contribution in [3.8, 4) is 0 Å². The maximum atomic E-state index is 6.11. The highest BCUT2D eigenvalue weighted by Gasteiger charge is 2.20. The van der Waals surface area contributed by atoms with Gasteiger partial charge >= 0.3 is 0 Å². The zero-order valence-corrected chi connectivity index (χ0v) is 14.3. The second-order valence-electron chi connectivity index (χ2n) is 5.01. The minimum atomic E-state index is -0.361. The minimum absolute atomic E-state index is 0.0322. The summed E-state index contributed by atoms with van der Waals surface area (Å²) in [6.45, 7) is 1.09. The largest absolute Gasteiger partial charge is 0.398 e. The molecule has 0 fully saturated rings. The first-order valence-electron chi connectivity index (χ1n) is 7.41. The molecule has 124 valence electrons. The Morgan fingerprint density at radius 1 is 0.957 bits per heavy atom. The Kier molecular flexibility index (Phi) is 7.42. The summed E-state index contributed by atoms with van der Waals surface area (Å²) in [5, 5.41) is 0.0322. The topological polar surface area (TPSA) is 53.7 Å². The van der Waals surface area contributed by atoms with Crippen LogP contribution in [0.1, 0.15) is 16.4 Å². The molecule has 0 saturated carbocycles. The molecule has 2 aromatic carbocycles. The van der Waals surface area contributed by atoms with Gasteiger partial charge in [0, 0.05) is 19.9 Å². The third-order valence-corrected chi connectivity index (χ3v) is 4.71. The Labute approximate surface area is 141 Å². The van der Waals surface area contributed by atoms with Crippen LogP contribution in [0.3, 0.4) is 0 Å². The van der Waals surface area contributed by atoms with Crippen molar-refractivity contribution in [3.05, 3.63) is 65.7 Å². The highest BCUT2D eigenvalue weighted by Crippen LogP contribution is 2.36. The van der Waals surface area contributed by atoms with Crippen molar-refractivity contribution < 1.29 is 14.2 Å². The molecule has 2 aromatic rings. The van der Waals surface area contributed by atoms with Crippen LogP contribution in [-0.4, -0.2) is 26.4 Å². The van der Waals surface area contributed by atoms with E-state index in [0.717, 1.165) is 16.8 Å². The fourth-order valence-corrected chi connectivity index (χ4v) is 3.23. The molecule has 0 aromatic heterocycles. The molecular formula is C18H23NO3S. The summed E-state index contributed by atoms with van der Waals surface area (Å²) in [5.74, 6) is 0. The van der Waals surface area contributed by atoms with E-state index in [-0.39, 0.29) is 10.9 Å². The molecule has 0 aliphatic rings. The number of rotatable bonds is 9. The molecule has 2 N–H and O–H groups in total. The Hall–Kier alpha value is -1.53. The predicted octanol–water partition coefficient (Wildman–Crippen LogP) is 3.84. The first-order chi connectivity index (χ1) is 11.2. The second kappa shape index (κ2) is 9.57. The predicted molar refractivity (Wildman–Crippen MR) is 95.1 cm³/mol. The van der Waals surface area contributed by atoms with Crippen molar-refractivity contribution in [2.75, 3.05) is 26.6 Å². The molecule has 1 unspecified atom stereocenters. The van der Waals surface area contributed by atoms with Gasteiger partial charge in [-0.25, -0.2) is 0 Å². The molecule has 1 atom stereocenters. The highest BCUT2D eigenvalue weighted by atomic mass is 32.2. The minimum Gasteiger partial charge on any atom is -0.398 e. The third kappa shape index (κ3) is 5.55. The van der Waals surface area contributed by atoms with Crippen LogP contribution in [0.15, 0.2) is 54.6 Å². The molecule has 0 spiro atoms. The number of hydrogen-bond acceptors (Lipinski definition) is 5. The van der Waals surface area contributed by atoms with E-state index in [9.17, 15) is 0 Å². The zero-order chi connectivity index (χ0) is 16.5. The number of thioether (sulfide) groups is 1. The van der Waals surface area contributed by atoms with Gasteiger partial charge in [-0.2, -0.15) is 0 Å². The number of benzene rings is 2. The van der Waals surface area contributed by atoms with E-state index >= 15 is 0 Å². The number of nitrogens with two attached hydrogens (primary N) is 1. The fourth-order valence-electron chi connectivity index (χ4n) is 2.21. The van der Waals surface area contributed by atoms with E-state index in [1.165, 1.54) is 0 Å². The lowest BCUT2D eigenvalue weighted by Gasteiger charge is -2.23. The van der Waals surface area contributed by atoms with Gasteiger partial charge in [-0.1, -0.05) is 60.3 Å². The number of hydrogen-bond donors (Lipinski definition) is 1. The quantitative estimate of drug-likeness (QED) is 0.558. The van der Waals surface area contributed by atoms with Gasteiger partial charge in [0.15, 0.2) is 0 Å². The van der Waals surface area contributed by atoms with Gasteiger partial charge < -0.3 is 19.9 Å². The lowest BCUT2D eigenvalue weighted by atomic mass is 10.1. The summed E-state index contributed by atoms with van der Waals surface area (Å²) in [7, 11) is 3.24. The van der Waals surface area contributed by atoms with E-state index in [1.54, 1.807) is 26.0 Å². The van der Waals surface area contributed by atoms with Gasteiger partial charge in [-0.05, 0) is 17.2 Å². The molecule has 5 heteroatoms. The van der Waals surface area contributed by atoms with Crippen molar-refractivity contribution in [2.24, 2.45) is 0 Å². The van der Waals surface area contributed by atoms with Gasteiger partial charge in [0.1, 0.15) is 0 Å². The van der Waals surface area contributed by atoms with Crippen LogP contribution in [-0.2, 0) is 20.8 Å². The molecule has 0 radical (unpaired) electrons. The summed E-state index contributed by atoms with van der Waals surface area (Å²) in [4.78, 5) is 0. The standard InChI is InChI=1S/C18H23NO3S/c1-20-18(21-2)23-17(15-10-6-7-11-16(15)19)13-22-12-14-8-4-3-5-9-14/h3-11,17-18H,12-13,19H2,1-2H3. The first-order valence-corrected chi connectivity index (χ1v) is 8.36. The van der Waals surface area contributed by atoms with Crippen molar-refractivity contribution in [1.82, 2.24) is 0 Å². The van der Waals surface area contributed by atoms with Gasteiger partial charge in [0.25, 0.3) is 0 Å². The summed E-state index contributed by atoms with van der Waals surface area (Å²) < 4.78 is 16.5. The molecule has 2 rings (SSSR count). The average molecular weight is 333 g/mol. The van der Waals surface area contributed by atoms with Crippen LogP contribution in [0.25, 0.3) is 0 Å². The molecule has 23 heavy (non-hydrogen) atoms. The number of anilines is 1. The maximum absolute atomic E-state index is 6.11. The zero-order valence-electron chi connectivity index (χ0n) is 13.5. The SMILES string of the molecule is COC(OC)SC(COCc1ccccc1)c1ccccc1N. The van der Waals surface area contributed by atoms with Crippen LogP contribution < -0.4 is 5.73 Å². The summed E-state index contributed by atoms with van der Waals surface area (Å²) in [5.41, 5.74) is 8.68. The lowest BCUT2D eigenvalue weighted by Crippen LogP contribution is -2.15.